The number of rotatable bonds is 9. The minimum atomic E-state index is -0.412. The number of benzene rings is 2. The van der Waals surface area contributed by atoms with E-state index < -0.39 is 5.82 Å². The summed E-state index contributed by atoms with van der Waals surface area (Å²) in [6, 6.07) is 7.82. The lowest BCUT2D eigenvalue weighted by Crippen LogP contribution is -2.45. The summed E-state index contributed by atoms with van der Waals surface area (Å²) in [5.41, 5.74) is 3.26. The highest BCUT2D eigenvalue weighted by Gasteiger charge is 2.33. The molecule has 1 aromatic heterocycles. The summed E-state index contributed by atoms with van der Waals surface area (Å²) >= 11 is 0. The molecule has 7 heteroatoms. The Morgan fingerprint density at radius 3 is 2.85 bits per heavy atom. The van der Waals surface area contributed by atoms with E-state index in [2.05, 4.69) is 15.2 Å². The summed E-state index contributed by atoms with van der Waals surface area (Å²) in [5.74, 6) is 0.0859. The highest BCUT2D eigenvalue weighted by molar-refractivity contribution is 5.96. The number of nitrogens with one attached hydrogen (secondary N) is 2. The number of hydrogen-bond acceptors (Lipinski definition) is 3. The molecule has 2 aromatic carbocycles. The van der Waals surface area contributed by atoms with E-state index in [1.165, 1.54) is 25.0 Å². The number of ether oxygens (including phenoxy) is 1. The van der Waals surface area contributed by atoms with Crippen LogP contribution in [0.4, 0.5) is 8.78 Å². The minimum absolute atomic E-state index is 0.112. The van der Waals surface area contributed by atoms with E-state index in [1.54, 1.807) is 25.2 Å². The molecule has 34 heavy (non-hydrogen) atoms. The highest BCUT2D eigenvalue weighted by Crippen LogP contribution is 2.35. The van der Waals surface area contributed by atoms with Crippen molar-refractivity contribution in [3.05, 3.63) is 64.9 Å². The van der Waals surface area contributed by atoms with Gasteiger partial charge < -0.3 is 15.0 Å². The molecule has 5 rings (SSSR count). The summed E-state index contributed by atoms with van der Waals surface area (Å²) in [7, 11) is 1.58. The molecule has 0 radical (unpaired) electrons. The Hall–Kier alpha value is -2.93. The number of fused-ring (bicyclic) bond motifs is 2. The van der Waals surface area contributed by atoms with Crippen molar-refractivity contribution >= 4 is 16.8 Å². The van der Waals surface area contributed by atoms with E-state index in [1.807, 2.05) is 6.20 Å². The van der Waals surface area contributed by atoms with Crippen molar-refractivity contribution in [3.8, 4) is 5.75 Å². The third-order valence-electron chi connectivity index (χ3n) is 7.12. The molecule has 0 bridgehead atoms. The zero-order valence-corrected chi connectivity index (χ0v) is 19.5. The van der Waals surface area contributed by atoms with Gasteiger partial charge in [0.25, 0.3) is 5.91 Å². The fourth-order valence-corrected chi connectivity index (χ4v) is 5.06. The van der Waals surface area contributed by atoms with Gasteiger partial charge in [0, 0.05) is 47.9 Å². The van der Waals surface area contributed by atoms with Gasteiger partial charge in [-0.3, -0.25) is 9.69 Å². The molecule has 2 aliphatic rings. The molecule has 0 spiro atoms. The number of carbonyl (C=O) groups is 1. The number of halogens is 2. The standard InChI is InChI=1S/C27H31F2N3O2/c1-30-27(33)21-8-9-24(29)26-23(21)13-20(16-34-26)32(15-17-5-6-17)11-3-2-4-18-14-31-25-10-7-19(28)12-22(18)25/h7-10,12,14,17,20,31H,2-6,11,13,15-16H2,1H3,(H,30,33). The van der Waals surface area contributed by atoms with Gasteiger partial charge >= 0.3 is 0 Å². The molecule has 2 N–H and O–H groups in total. The molecule has 1 atom stereocenters. The normalized spacial score (nSPS) is 17.6. The van der Waals surface area contributed by atoms with Crippen molar-refractivity contribution in [2.45, 2.75) is 44.6 Å². The second-order valence-corrected chi connectivity index (χ2v) is 9.55. The lowest BCUT2D eigenvalue weighted by atomic mass is 9.95. The Balaban J connectivity index is 1.25. The van der Waals surface area contributed by atoms with E-state index in [0.717, 1.165) is 48.8 Å². The molecule has 5 nitrogen and oxygen atoms in total. The van der Waals surface area contributed by atoms with Crippen molar-refractivity contribution in [3.63, 3.8) is 0 Å². The predicted molar refractivity (Wildman–Crippen MR) is 128 cm³/mol. The smallest absolute Gasteiger partial charge is 0.251 e. The quantitative estimate of drug-likeness (QED) is 0.443. The summed E-state index contributed by atoms with van der Waals surface area (Å²) in [6.07, 6.45) is 7.96. The van der Waals surface area contributed by atoms with Crippen LogP contribution in [0.3, 0.4) is 0 Å². The van der Waals surface area contributed by atoms with Gasteiger partial charge in [0.05, 0.1) is 0 Å². The molecular weight excluding hydrogens is 436 g/mol. The largest absolute Gasteiger partial charge is 0.489 e. The number of aromatic amines is 1. The maximum absolute atomic E-state index is 14.4. The van der Waals surface area contributed by atoms with Crippen LogP contribution in [-0.2, 0) is 12.8 Å². The van der Waals surface area contributed by atoms with E-state index in [4.69, 9.17) is 4.74 Å². The number of aryl methyl sites for hydroxylation is 1. The molecule has 2 heterocycles. The van der Waals surface area contributed by atoms with Crippen LogP contribution in [0.5, 0.6) is 5.75 Å². The van der Waals surface area contributed by atoms with E-state index in [0.29, 0.717) is 30.1 Å². The van der Waals surface area contributed by atoms with Crippen LogP contribution in [0.1, 0.15) is 47.2 Å². The van der Waals surface area contributed by atoms with Crippen molar-refractivity contribution in [2.24, 2.45) is 5.92 Å². The molecule has 1 aliphatic heterocycles. The highest BCUT2D eigenvalue weighted by atomic mass is 19.1. The average Bonchev–Trinajstić information content (AvgIpc) is 3.59. The molecule has 3 aromatic rings. The molecule has 0 saturated heterocycles. The van der Waals surface area contributed by atoms with Crippen molar-refractivity contribution in [1.82, 2.24) is 15.2 Å². The van der Waals surface area contributed by atoms with Gasteiger partial charge in [-0.05, 0) is 86.9 Å². The van der Waals surface area contributed by atoms with Crippen LogP contribution in [0, 0.1) is 17.6 Å². The molecule has 1 amide bonds. The predicted octanol–water partition coefficient (Wildman–Crippen LogP) is 4.84. The first kappa shape index (κ1) is 22.8. The zero-order valence-electron chi connectivity index (χ0n) is 19.5. The van der Waals surface area contributed by atoms with Crippen molar-refractivity contribution in [1.29, 1.82) is 0 Å². The number of amides is 1. The monoisotopic (exact) mass is 467 g/mol. The lowest BCUT2D eigenvalue weighted by molar-refractivity contribution is 0.0946. The summed E-state index contributed by atoms with van der Waals surface area (Å²) in [4.78, 5) is 18.1. The average molecular weight is 468 g/mol. The fourth-order valence-electron chi connectivity index (χ4n) is 5.06. The second kappa shape index (κ2) is 9.74. The van der Waals surface area contributed by atoms with E-state index in [9.17, 15) is 13.6 Å². The molecule has 1 fully saturated rings. The number of hydrogen-bond donors (Lipinski definition) is 2. The fraction of sp³-hybridized carbons (Fsp3) is 0.444. The Kier molecular flexibility index (Phi) is 6.55. The van der Waals surface area contributed by atoms with Gasteiger partial charge in [-0.1, -0.05) is 0 Å². The summed E-state index contributed by atoms with van der Waals surface area (Å²) in [5, 5.41) is 3.61. The number of nitrogens with zero attached hydrogens (tertiary/aromatic N) is 1. The van der Waals surface area contributed by atoms with Gasteiger partial charge in [0.15, 0.2) is 11.6 Å². The first-order chi connectivity index (χ1) is 16.5. The molecule has 1 aliphatic carbocycles. The van der Waals surface area contributed by atoms with Gasteiger partial charge in [0.2, 0.25) is 0 Å². The van der Waals surface area contributed by atoms with Crippen LogP contribution in [-0.4, -0.2) is 48.6 Å². The molecular formula is C27H31F2N3O2. The third kappa shape index (κ3) is 4.80. The van der Waals surface area contributed by atoms with Gasteiger partial charge in [-0.2, -0.15) is 0 Å². The number of unbranched alkanes of at least 4 members (excludes halogenated alkanes) is 1. The van der Waals surface area contributed by atoms with Crippen LogP contribution in [0.2, 0.25) is 0 Å². The Morgan fingerprint density at radius 1 is 1.21 bits per heavy atom. The summed E-state index contributed by atoms with van der Waals surface area (Å²) < 4.78 is 33.9. The second-order valence-electron chi connectivity index (χ2n) is 9.55. The Labute approximate surface area is 198 Å². The number of aromatic nitrogens is 1. The van der Waals surface area contributed by atoms with E-state index >= 15 is 0 Å². The maximum atomic E-state index is 14.4. The van der Waals surface area contributed by atoms with Crippen LogP contribution in [0.25, 0.3) is 10.9 Å². The van der Waals surface area contributed by atoms with Crippen molar-refractivity contribution < 1.29 is 18.3 Å². The van der Waals surface area contributed by atoms with Gasteiger partial charge in [-0.15, -0.1) is 0 Å². The van der Waals surface area contributed by atoms with Gasteiger partial charge in [-0.25, -0.2) is 8.78 Å². The Bertz CT molecular complexity index is 1190. The Morgan fingerprint density at radius 2 is 2.06 bits per heavy atom. The maximum Gasteiger partial charge on any atom is 0.251 e. The molecule has 1 saturated carbocycles. The van der Waals surface area contributed by atoms with Crippen LogP contribution >= 0.6 is 0 Å². The van der Waals surface area contributed by atoms with Crippen LogP contribution < -0.4 is 10.1 Å². The van der Waals surface area contributed by atoms with Crippen LogP contribution in [0.15, 0.2) is 36.5 Å². The van der Waals surface area contributed by atoms with Crippen molar-refractivity contribution in [2.75, 3.05) is 26.7 Å². The topological polar surface area (TPSA) is 57.4 Å². The third-order valence-corrected chi connectivity index (χ3v) is 7.12. The summed E-state index contributed by atoms with van der Waals surface area (Å²) in [6.45, 7) is 2.35. The SMILES string of the molecule is CNC(=O)c1ccc(F)c2c1CC(N(CCCCc1c[nH]c3ccc(F)cc13)CC1CC1)CO2. The molecule has 1 unspecified atom stereocenters. The molecule has 180 valence electrons. The number of carbonyl (C=O) groups excluding carboxylic acids is 1. The zero-order chi connectivity index (χ0) is 23.7. The lowest BCUT2D eigenvalue weighted by Gasteiger charge is -2.36. The first-order valence-electron chi connectivity index (χ1n) is 12.2. The van der Waals surface area contributed by atoms with E-state index in [-0.39, 0.29) is 23.5 Å². The minimum Gasteiger partial charge on any atom is -0.489 e. The van der Waals surface area contributed by atoms with Gasteiger partial charge in [0.1, 0.15) is 12.4 Å². The number of H-pyrrole nitrogens is 1. The first-order valence-corrected chi connectivity index (χ1v) is 12.2.